The Kier molecular flexibility index (Phi) is 37.1. The fourth-order valence-corrected chi connectivity index (χ4v) is 3.34. The van der Waals surface area contributed by atoms with Gasteiger partial charge in [-0.1, -0.05) is 113 Å². The maximum atomic E-state index is 5.88. The Morgan fingerprint density at radius 3 is 1.19 bits per heavy atom. The first-order valence-electron chi connectivity index (χ1n) is 12.4. The minimum Gasteiger partial charge on any atom is -1.00 e. The summed E-state index contributed by atoms with van der Waals surface area (Å²) in [5.41, 5.74) is 12.5. The first kappa shape index (κ1) is 51.1. The first-order chi connectivity index (χ1) is 17.7. The Balaban J connectivity index is -0.000000293. The van der Waals surface area contributed by atoms with Gasteiger partial charge in [0.2, 0.25) is 0 Å². The van der Waals surface area contributed by atoms with Gasteiger partial charge in [0.05, 0.1) is 0 Å². The maximum absolute atomic E-state index is 5.88. The van der Waals surface area contributed by atoms with Crippen LogP contribution in [0.2, 0.25) is 0 Å². The van der Waals surface area contributed by atoms with Gasteiger partial charge in [-0.15, -0.1) is 0 Å². The molecule has 10 heteroatoms. The molecule has 0 heterocycles. The largest absolute Gasteiger partial charge is 2.00 e. The molecule has 2 aromatic carbocycles. The van der Waals surface area contributed by atoms with Crippen LogP contribution in [-0.2, 0) is 18.9 Å². The summed E-state index contributed by atoms with van der Waals surface area (Å²) in [6.07, 6.45) is 8.41. The van der Waals surface area contributed by atoms with E-state index in [0.717, 1.165) is 46.2 Å². The van der Waals surface area contributed by atoms with Crippen LogP contribution >= 0.6 is 0 Å². The number of methoxy groups -OCH3 is 2. The molecule has 0 aliphatic heterocycles. The van der Waals surface area contributed by atoms with Crippen molar-refractivity contribution in [2.75, 3.05) is 27.8 Å². The second-order valence-corrected chi connectivity index (χ2v) is 7.97. The minimum atomic E-state index is 0. The van der Waals surface area contributed by atoms with Crippen molar-refractivity contribution < 1.29 is 68.6 Å². The van der Waals surface area contributed by atoms with E-state index in [1.54, 1.807) is 14.2 Å². The van der Waals surface area contributed by atoms with E-state index in [-0.39, 0.29) is 111 Å². The van der Waals surface area contributed by atoms with Crippen LogP contribution in [0.25, 0.3) is 23.3 Å². The normalized spacial score (nSPS) is 12.6. The van der Waals surface area contributed by atoms with E-state index < -0.39 is 0 Å². The Hall–Kier alpha value is -0.503. The van der Waals surface area contributed by atoms with Crippen LogP contribution in [0, 0.1) is 13.8 Å². The van der Waals surface area contributed by atoms with Crippen LogP contribution in [0.3, 0.4) is 0 Å². The number of hydrogen-bond donors (Lipinski definition) is 0. The predicted octanol–water partition coefficient (Wildman–Crippen LogP) is -4.65. The fourth-order valence-electron chi connectivity index (χ4n) is 3.34. The van der Waals surface area contributed by atoms with Gasteiger partial charge >= 0.3 is 47.8 Å². The summed E-state index contributed by atoms with van der Waals surface area (Å²) >= 11 is 0. The smallest absolute Gasteiger partial charge is 1.00 e. The topological polar surface area (TPSA) is 36.9 Å². The second-order valence-electron chi connectivity index (χ2n) is 7.97. The summed E-state index contributed by atoms with van der Waals surface area (Å²) in [7, 11) is 3.19. The number of halogens is 4. The summed E-state index contributed by atoms with van der Waals surface area (Å²) in [4.78, 5) is 0. The first-order valence-corrected chi connectivity index (χ1v) is 12.4. The molecule has 2 aliphatic carbocycles. The molecule has 0 amide bonds. The number of unbranched alkanes of at least 4 members (excludes halogenated alkanes) is 2. The molecule has 0 atom stereocenters. The Labute approximate surface area is 312 Å². The predicted molar refractivity (Wildman–Crippen MR) is 161 cm³/mol. The zero-order valence-corrected chi connectivity index (χ0v) is 33.3. The van der Waals surface area contributed by atoms with Crippen molar-refractivity contribution in [1.29, 1.82) is 0 Å². The van der Waals surface area contributed by atoms with E-state index in [1.165, 1.54) is 12.8 Å². The Bertz CT molecular complexity index is 1060. The van der Waals surface area contributed by atoms with E-state index >= 15 is 0 Å². The number of hydrogen-bond acceptors (Lipinski definition) is 4. The summed E-state index contributed by atoms with van der Waals surface area (Å²) < 4.78 is 22.0. The Morgan fingerprint density at radius 2 is 0.905 bits per heavy atom. The van der Waals surface area contributed by atoms with Gasteiger partial charge in [0.1, 0.15) is 0 Å². The molecule has 2 aromatic rings. The molecule has 2 aliphatic rings. The zero-order valence-electron chi connectivity index (χ0n) is 24.6. The third-order valence-corrected chi connectivity index (χ3v) is 5.23. The van der Waals surface area contributed by atoms with Crippen molar-refractivity contribution in [2.45, 2.75) is 39.5 Å². The van der Waals surface area contributed by atoms with Gasteiger partial charge in [-0.25, -0.2) is 0 Å². The zero-order chi connectivity index (χ0) is 26.2. The van der Waals surface area contributed by atoms with Crippen LogP contribution in [0.1, 0.15) is 61.8 Å². The molecule has 4 rings (SSSR count). The summed E-state index contributed by atoms with van der Waals surface area (Å²) in [6, 6.07) is 16.3. The molecule has 226 valence electrons. The van der Waals surface area contributed by atoms with E-state index in [2.05, 4.69) is 63.4 Å². The van der Waals surface area contributed by atoms with Crippen LogP contribution < -0.4 is 49.6 Å². The van der Waals surface area contributed by atoms with Crippen molar-refractivity contribution >= 4 is 71.1 Å². The summed E-state index contributed by atoms with van der Waals surface area (Å²) in [5.74, 6) is 1.21. The van der Waals surface area contributed by atoms with Gasteiger partial charge in [0.25, 0.3) is 0 Å². The molecule has 0 bridgehead atoms. The number of allylic oxidation sites excluding steroid dienone is 2. The molecular formula is C32H38Cl4O4Sn2. The SMILES string of the molecule is COCOC1=C=Cc2ccccc2C1=C1C(OCOC)=C=Cc2ccccc21.[CH2]CCC.[CH2]CCC.[Cl-].[Cl-].[Cl-].[Cl-].[Sn+2].[Sn+2]. The monoisotopic (exact) mass is 866 g/mol. The fraction of sp³-hybridized carbons (Fsp3) is 0.312. The van der Waals surface area contributed by atoms with E-state index in [4.69, 9.17) is 18.9 Å². The average Bonchev–Trinajstić information content (AvgIpc) is 2.94. The van der Waals surface area contributed by atoms with Gasteiger partial charge in [0.15, 0.2) is 25.1 Å². The van der Waals surface area contributed by atoms with Crippen molar-refractivity contribution in [3.8, 4) is 0 Å². The Morgan fingerprint density at radius 1 is 0.595 bits per heavy atom. The number of benzene rings is 2. The molecule has 0 fully saturated rings. The number of ether oxygens (including phenoxy) is 4. The minimum absolute atomic E-state index is 0. The average molecular weight is 866 g/mol. The van der Waals surface area contributed by atoms with Crippen molar-refractivity contribution in [1.82, 2.24) is 0 Å². The van der Waals surface area contributed by atoms with Crippen molar-refractivity contribution in [3.05, 3.63) is 108 Å². The molecule has 0 saturated carbocycles. The van der Waals surface area contributed by atoms with Gasteiger partial charge in [-0.2, -0.15) is 0 Å². The van der Waals surface area contributed by atoms with Gasteiger partial charge in [0, 0.05) is 25.4 Å². The molecule has 0 N–H and O–H groups in total. The van der Waals surface area contributed by atoms with Crippen LogP contribution in [0.15, 0.2) is 71.5 Å². The third kappa shape index (κ3) is 15.5. The number of fused-ring (bicyclic) bond motifs is 2. The van der Waals surface area contributed by atoms with Crippen molar-refractivity contribution in [2.24, 2.45) is 0 Å². The molecule has 4 nitrogen and oxygen atoms in total. The second kappa shape index (κ2) is 30.5. The van der Waals surface area contributed by atoms with E-state index in [1.807, 2.05) is 36.4 Å². The molecule has 0 aromatic heterocycles. The van der Waals surface area contributed by atoms with Crippen LogP contribution in [0.5, 0.6) is 0 Å². The van der Waals surface area contributed by atoms with Gasteiger partial charge < -0.3 is 68.6 Å². The molecule has 0 saturated heterocycles. The van der Waals surface area contributed by atoms with E-state index in [0.29, 0.717) is 11.5 Å². The molecule has 6 radical (unpaired) electrons. The summed E-state index contributed by atoms with van der Waals surface area (Å²) in [5, 5.41) is 0. The maximum Gasteiger partial charge on any atom is 2.00 e. The molecule has 42 heavy (non-hydrogen) atoms. The van der Waals surface area contributed by atoms with Gasteiger partial charge in [-0.3, -0.25) is 0 Å². The third-order valence-electron chi connectivity index (χ3n) is 5.23. The van der Waals surface area contributed by atoms with Gasteiger partial charge in [-0.05, 0) is 34.4 Å². The number of rotatable bonds is 8. The van der Waals surface area contributed by atoms with Crippen LogP contribution in [-0.4, -0.2) is 75.6 Å². The summed E-state index contributed by atoms with van der Waals surface area (Å²) in [6.45, 7) is 11.7. The standard InChI is InChI=1S/C24H20O4.2C4H9.4ClH.2Sn/c1-25-15-27-21-13-11-17-7-3-5-9-19(17)23(21)24-20-10-6-4-8-18(20)12-14-22(24)28-16-26-2;2*1-3-4-2;;;;;;/h3-12H,15-16H2,1-2H3;2*1,3-4H2,2H3;4*1H;;/q;;;;;;;2*+2/p-4. The van der Waals surface area contributed by atoms with E-state index in [9.17, 15) is 0 Å². The van der Waals surface area contributed by atoms with Crippen LogP contribution in [0.4, 0.5) is 0 Å². The molecule has 0 spiro atoms. The molecule has 0 unspecified atom stereocenters. The van der Waals surface area contributed by atoms with Crippen molar-refractivity contribution in [3.63, 3.8) is 0 Å². The quantitative estimate of drug-likeness (QED) is 0.152. The molecular weight excluding hydrogens is 828 g/mol.